The van der Waals surface area contributed by atoms with E-state index < -0.39 is 0 Å². The molecule has 1 amide bonds. The van der Waals surface area contributed by atoms with Gasteiger partial charge in [0.1, 0.15) is 0 Å². The zero-order valence-corrected chi connectivity index (χ0v) is 11.8. The highest BCUT2D eigenvalue weighted by Crippen LogP contribution is 2.10. The Hall–Kier alpha value is -2.65. The average Bonchev–Trinajstić information content (AvgIpc) is 2.98. The normalized spacial score (nSPS) is 9.81. The monoisotopic (exact) mass is 283 g/mol. The molecule has 0 aliphatic carbocycles. The number of nitrogens with zero attached hydrogens (tertiary/aromatic N) is 3. The Morgan fingerprint density at radius 2 is 2.33 bits per heavy atom. The molecule has 2 aromatic rings. The van der Waals surface area contributed by atoms with E-state index in [-0.39, 0.29) is 12.5 Å². The van der Waals surface area contributed by atoms with Crippen molar-refractivity contribution in [2.75, 3.05) is 13.1 Å². The molecule has 0 bridgehead atoms. The summed E-state index contributed by atoms with van der Waals surface area (Å²) in [5.41, 5.74) is 7.69. The maximum Gasteiger partial charge on any atom is 0.252 e. The van der Waals surface area contributed by atoms with Crippen molar-refractivity contribution < 1.29 is 4.79 Å². The lowest BCUT2D eigenvalue weighted by Gasteiger charge is -2.08. The lowest BCUT2D eigenvalue weighted by atomic mass is 10.0. The standard InChI is InChI=1S/C15H17N5O/c1-12-4-5-14(13(11-12)3-2-6-16)15(21)17-7-9-20-10-8-18-19-20/h4-5,8,10-11H,6-7,9,16H2,1H3,(H,17,21). The topological polar surface area (TPSA) is 85.8 Å². The number of carbonyl (C=O) groups is 1. The third-order valence-electron chi connectivity index (χ3n) is 2.84. The van der Waals surface area contributed by atoms with Crippen molar-refractivity contribution >= 4 is 5.91 Å². The van der Waals surface area contributed by atoms with Gasteiger partial charge in [-0.05, 0) is 24.6 Å². The summed E-state index contributed by atoms with van der Waals surface area (Å²) in [5.74, 6) is 5.56. The molecule has 21 heavy (non-hydrogen) atoms. The number of nitrogens with two attached hydrogens (primary N) is 1. The second-order valence-electron chi connectivity index (χ2n) is 4.48. The van der Waals surface area contributed by atoms with Crippen LogP contribution in [-0.2, 0) is 6.54 Å². The highest BCUT2D eigenvalue weighted by molar-refractivity contribution is 5.96. The van der Waals surface area contributed by atoms with Gasteiger partial charge in [0.25, 0.3) is 5.91 Å². The van der Waals surface area contributed by atoms with Crippen molar-refractivity contribution in [1.82, 2.24) is 20.3 Å². The Balaban J connectivity index is 2.04. The van der Waals surface area contributed by atoms with E-state index in [2.05, 4.69) is 27.5 Å². The molecule has 0 aliphatic heterocycles. The molecular formula is C15H17N5O. The van der Waals surface area contributed by atoms with Crippen LogP contribution < -0.4 is 11.1 Å². The first-order chi connectivity index (χ1) is 10.2. The fourth-order valence-electron chi connectivity index (χ4n) is 1.84. The number of hydrogen-bond donors (Lipinski definition) is 2. The average molecular weight is 283 g/mol. The summed E-state index contributed by atoms with van der Waals surface area (Å²) in [6, 6.07) is 5.55. The number of aromatic nitrogens is 3. The molecule has 2 rings (SSSR count). The molecule has 1 aromatic heterocycles. The van der Waals surface area contributed by atoms with Crippen molar-refractivity contribution in [2.45, 2.75) is 13.5 Å². The summed E-state index contributed by atoms with van der Waals surface area (Å²) in [6.07, 6.45) is 3.35. The van der Waals surface area contributed by atoms with Gasteiger partial charge in [0.05, 0.1) is 24.8 Å². The Bertz CT molecular complexity index is 667. The molecule has 0 unspecified atom stereocenters. The molecule has 0 atom stereocenters. The number of aryl methyl sites for hydroxylation is 1. The van der Waals surface area contributed by atoms with Gasteiger partial charge in [0, 0.05) is 18.3 Å². The second-order valence-corrected chi connectivity index (χ2v) is 4.48. The first-order valence-corrected chi connectivity index (χ1v) is 6.62. The van der Waals surface area contributed by atoms with Gasteiger partial charge in [-0.15, -0.1) is 5.10 Å². The van der Waals surface area contributed by atoms with E-state index in [9.17, 15) is 4.79 Å². The zero-order chi connectivity index (χ0) is 15.1. The highest BCUT2D eigenvalue weighted by atomic mass is 16.1. The van der Waals surface area contributed by atoms with E-state index >= 15 is 0 Å². The van der Waals surface area contributed by atoms with E-state index in [1.54, 1.807) is 23.1 Å². The van der Waals surface area contributed by atoms with Crippen molar-refractivity contribution in [3.8, 4) is 11.8 Å². The lowest BCUT2D eigenvalue weighted by Crippen LogP contribution is -2.28. The quantitative estimate of drug-likeness (QED) is 0.792. The number of rotatable bonds is 4. The maximum atomic E-state index is 12.2. The van der Waals surface area contributed by atoms with Gasteiger partial charge in [0.15, 0.2) is 0 Å². The van der Waals surface area contributed by atoms with Crippen LogP contribution in [0.4, 0.5) is 0 Å². The number of nitrogens with one attached hydrogen (secondary N) is 1. The van der Waals surface area contributed by atoms with Gasteiger partial charge >= 0.3 is 0 Å². The Morgan fingerprint density at radius 3 is 3.05 bits per heavy atom. The van der Waals surface area contributed by atoms with E-state index in [0.717, 1.165) is 5.56 Å². The van der Waals surface area contributed by atoms with E-state index in [1.807, 2.05) is 19.1 Å². The van der Waals surface area contributed by atoms with Crippen molar-refractivity contribution in [3.05, 3.63) is 47.3 Å². The van der Waals surface area contributed by atoms with Gasteiger partial charge in [-0.2, -0.15) is 0 Å². The predicted octanol–water partition coefficient (Wildman–Crippen LogP) is 0.327. The zero-order valence-electron chi connectivity index (χ0n) is 11.8. The number of carbonyl (C=O) groups excluding carboxylic acids is 1. The van der Waals surface area contributed by atoms with Gasteiger partial charge in [-0.1, -0.05) is 23.1 Å². The summed E-state index contributed by atoms with van der Waals surface area (Å²) in [7, 11) is 0. The van der Waals surface area contributed by atoms with Crippen LogP contribution in [0.25, 0.3) is 0 Å². The molecular weight excluding hydrogens is 266 g/mol. The van der Waals surface area contributed by atoms with Crippen LogP contribution in [0.3, 0.4) is 0 Å². The fourth-order valence-corrected chi connectivity index (χ4v) is 1.84. The Kier molecular flexibility index (Phi) is 5.07. The fraction of sp³-hybridized carbons (Fsp3) is 0.267. The first-order valence-electron chi connectivity index (χ1n) is 6.62. The van der Waals surface area contributed by atoms with Crippen molar-refractivity contribution in [1.29, 1.82) is 0 Å². The maximum absolute atomic E-state index is 12.2. The molecule has 0 aliphatic rings. The molecule has 6 heteroatoms. The summed E-state index contributed by atoms with van der Waals surface area (Å²) in [4.78, 5) is 12.2. The highest BCUT2D eigenvalue weighted by Gasteiger charge is 2.09. The number of benzene rings is 1. The van der Waals surface area contributed by atoms with Crippen LogP contribution in [0.5, 0.6) is 0 Å². The molecule has 108 valence electrons. The van der Waals surface area contributed by atoms with Gasteiger partial charge < -0.3 is 11.1 Å². The summed E-state index contributed by atoms with van der Waals surface area (Å²) >= 11 is 0. The SMILES string of the molecule is Cc1ccc(C(=O)NCCn2ccnn2)c(C#CCN)c1. The minimum atomic E-state index is -0.156. The van der Waals surface area contributed by atoms with Gasteiger partial charge in [-0.25, -0.2) is 0 Å². The molecule has 6 nitrogen and oxygen atoms in total. The van der Waals surface area contributed by atoms with Crippen LogP contribution >= 0.6 is 0 Å². The minimum absolute atomic E-state index is 0.156. The third kappa shape index (κ3) is 4.16. The molecule has 0 saturated carbocycles. The summed E-state index contributed by atoms with van der Waals surface area (Å²) in [6.45, 7) is 3.27. The van der Waals surface area contributed by atoms with Crippen molar-refractivity contribution in [2.24, 2.45) is 5.73 Å². The molecule has 0 saturated heterocycles. The minimum Gasteiger partial charge on any atom is -0.350 e. The first kappa shape index (κ1) is 14.8. The Labute approximate surface area is 123 Å². The number of amides is 1. The Morgan fingerprint density at radius 1 is 1.48 bits per heavy atom. The summed E-state index contributed by atoms with van der Waals surface area (Å²) < 4.78 is 1.66. The predicted molar refractivity (Wildman–Crippen MR) is 79.5 cm³/mol. The molecule has 0 radical (unpaired) electrons. The van der Waals surface area contributed by atoms with Gasteiger partial charge in [-0.3, -0.25) is 9.48 Å². The van der Waals surface area contributed by atoms with Gasteiger partial charge in [0.2, 0.25) is 0 Å². The van der Waals surface area contributed by atoms with Crippen LogP contribution in [0.2, 0.25) is 0 Å². The third-order valence-corrected chi connectivity index (χ3v) is 2.84. The smallest absolute Gasteiger partial charge is 0.252 e. The van der Waals surface area contributed by atoms with Crippen molar-refractivity contribution in [3.63, 3.8) is 0 Å². The molecule has 0 fully saturated rings. The second kappa shape index (κ2) is 7.22. The van der Waals surface area contributed by atoms with Crippen LogP contribution in [0.1, 0.15) is 21.5 Å². The van der Waals surface area contributed by atoms with E-state index in [0.29, 0.717) is 24.2 Å². The van der Waals surface area contributed by atoms with Crippen LogP contribution in [0, 0.1) is 18.8 Å². The molecule has 3 N–H and O–H groups in total. The molecule has 1 heterocycles. The lowest BCUT2D eigenvalue weighted by molar-refractivity contribution is 0.0951. The largest absolute Gasteiger partial charge is 0.350 e. The van der Waals surface area contributed by atoms with E-state index in [4.69, 9.17) is 5.73 Å². The van der Waals surface area contributed by atoms with E-state index in [1.165, 1.54) is 0 Å². The molecule has 0 spiro atoms. The number of hydrogen-bond acceptors (Lipinski definition) is 4. The van der Waals surface area contributed by atoms with Crippen LogP contribution in [-0.4, -0.2) is 34.0 Å². The summed E-state index contributed by atoms with van der Waals surface area (Å²) in [5, 5.41) is 10.4. The molecule has 1 aromatic carbocycles. The van der Waals surface area contributed by atoms with Crippen LogP contribution in [0.15, 0.2) is 30.6 Å².